The molecule has 3 fully saturated rings. The van der Waals surface area contributed by atoms with E-state index in [1.165, 1.54) is 6.42 Å². The second-order valence-corrected chi connectivity index (χ2v) is 7.64. The highest BCUT2D eigenvalue weighted by Gasteiger charge is 2.45. The highest BCUT2D eigenvalue weighted by molar-refractivity contribution is 5.76. The number of β-amino-alcohol motifs (C(OH)–C–C–N with tert-alkyl or cyclic N) is 1. The van der Waals surface area contributed by atoms with Crippen LogP contribution in [0.15, 0.2) is 0 Å². The van der Waals surface area contributed by atoms with E-state index >= 15 is 0 Å². The van der Waals surface area contributed by atoms with Crippen molar-refractivity contribution in [2.45, 2.75) is 83.1 Å². The molecular weight excluding hydrogens is 306 g/mol. The van der Waals surface area contributed by atoms with E-state index in [-0.39, 0.29) is 11.9 Å². The smallest absolute Gasteiger partial charge is 0.325 e. The zero-order chi connectivity index (χ0) is 17.9. The number of carbonyl (C=O) groups excluding carboxylic acids is 1. The summed E-state index contributed by atoms with van der Waals surface area (Å²) in [5.74, 6) is -0.808. The molecule has 5 nitrogen and oxygen atoms in total. The molecule has 0 aromatic heterocycles. The highest BCUT2D eigenvalue weighted by atomic mass is 16.7. The van der Waals surface area contributed by atoms with E-state index in [1.54, 1.807) is 6.92 Å². The minimum atomic E-state index is -0.539. The fourth-order valence-electron chi connectivity index (χ4n) is 4.52. The molecule has 0 aromatic carbocycles. The maximum absolute atomic E-state index is 13.0. The van der Waals surface area contributed by atoms with Gasteiger partial charge in [-0.2, -0.15) is 0 Å². The highest BCUT2D eigenvalue weighted by Crippen LogP contribution is 2.39. The second kappa shape index (κ2) is 8.63. The fraction of sp³-hybridized carbons (Fsp3) is 0.947. The van der Waals surface area contributed by atoms with Crippen molar-refractivity contribution < 1.29 is 20.7 Å². The number of aliphatic hydroxyl groups excluding tert-OH is 1. The molecule has 2 heterocycles. The molecule has 0 radical (unpaired) electrons. The molecule has 0 spiro atoms. The Labute approximate surface area is 147 Å². The van der Waals surface area contributed by atoms with E-state index in [0.717, 1.165) is 57.9 Å². The van der Waals surface area contributed by atoms with E-state index in [1.807, 2.05) is 4.90 Å². The maximum atomic E-state index is 13.0. The molecule has 138 valence electrons. The van der Waals surface area contributed by atoms with Gasteiger partial charge in [-0.1, -0.05) is 32.1 Å². The molecule has 0 bridgehead atoms. The molecule has 3 aliphatic rings. The molecule has 2 saturated heterocycles. The van der Waals surface area contributed by atoms with Crippen LogP contribution < -0.4 is 0 Å². The third kappa shape index (κ3) is 4.50. The second-order valence-electron chi connectivity index (χ2n) is 7.64. The van der Waals surface area contributed by atoms with E-state index in [0.29, 0.717) is 13.2 Å². The number of hydrogen-bond donors (Lipinski definition) is 1. The minimum absolute atomic E-state index is 0.0114. The van der Waals surface area contributed by atoms with Gasteiger partial charge in [-0.05, 0) is 44.5 Å². The summed E-state index contributed by atoms with van der Waals surface area (Å²) in [5.41, 5.74) is 0. The van der Waals surface area contributed by atoms with Gasteiger partial charge in [0.15, 0.2) is 0 Å². The van der Waals surface area contributed by atoms with E-state index in [4.69, 9.17) is 10.8 Å². The van der Waals surface area contributed by atoms with E-state index in [9.17, 15) is 9.90 Å². The predicted molar refractivity (Wildman–Crippen MR) is 91.4 cm³/mol. The van der Waals surface area contributed by atoms with Crippen molar-refractivity contribution in [1.29, 1.82) is 0 Å². The Morgan fingerprint density at radius 3 is 2.67 bits per heavy atom. The van der Waals surface area contributed by atoms with Crippen LogP contribution in [0.25, 0.3) is 0 Å². The molecule has 3 unspecified atom stereocenters. The van der Waals surface area contributed by atoms with Crippen molar-refractivity contribution in [3.05, 3.63) is 0 Å². The Morgan fingerprint density at radius 1 is 1.25 bits per heavy atom. The third-order valence-electron chi connectivity index (χ3n) is 5.65. The van der Waals surface area contributed by atoms with E-state index in [2.05, 4.69) is 0 Å². The molecule has 1 N–H and O–H groups in total. The number of carbonyl (C=O) groups is 1. The van der Waals surface area contributed by atoms with Crippen molar-refractivity contribution in [1.82, 2.24) is 4.90 Å². The normalized spacial score (nSPS) is 36.1. The van der Waals surface area contributed by atoms with Crippen molar-refractivity contribution in [2.24, 2.45) is 11.8 Å². The Kier molecular flexibility index (Phi) is 6.04. The lowest BCUT2D eigenvalue weighted by Crippen LogP contribution is -2.46. The summed E-state index contributed by atoms with van der Waals surface area (Å²) in [6.07, 6.45) is 7.76. The Hall–Kier alpha value is -0.650. The van der Waals surface area contributed by atoms with Crippen LogP contribution in [-0.4, -0.2) is 54.1 Å². The topological polar surface area (TPSA) is 59.0 Å². The summed E-state index contributed by atoms with van der Waals surface area (Å²) < 4.78 is 20.3. The van der Waals surface area contributed by atoms with Crippen molar-refractivity contribution in [3.8, 4) is 0 Å². The quantitative estimate of drug-likeness (QED) is 0.780. The molecule has 2 aliphatic heterocycles. The lowest BCUT2D eigenvalue weighted by atomic mass is 9.76. The van der Waals surface area contributed by atoms with Crippen LogP contribution in [0.4, 0.5) is 0 Å². The molecular formula is C19H33NO4. The van der Waals surface area contributed by atoms with Gasteiger partial charge in [0, 0.05) is 14.3 Å². The number of nitrogens with zero attached hydrogens (tertiary/aromatic N) is 1. The van der Waals surface area contributed by atoms with Gasteiger partial charge >= 0.3 is 5.97 Å². The van der Waals surface area contributed by atoms with Crippen molar-refractivity contribution >= 4 is 5.97 Å². The first kappa shape index (κ1) is 16.8. The van der Waals surface area contributed by atoms with Crippen LogP contribution in [0.5, 0.6) is 0 Å². The van der Waals surface area contributed by atoms with Crippen LogP contribution in [0.1, 0.15) is 66.1 Å². The molecule has 5 heteroatoms. The lowest BCUT2D eigenvalue weighted by molar-refractivity contribution is -0.193. The first-order chi connectivity index (χ1) is 12.0. The number of aliphatic hydroxyl groups is 1. The van der Waals surface area contributed by atoms with E-state index < -0.39 is 24.3 Å². The summed E-state index contributed by atoms with van der Waals surface area (Å²) in [5, 5.41) is 9.83. The number of rotatable bonds is 5. The molecule has 24 heavy (non-hydrogen) atoms. The van der Waals surface area contributed by atoms with Gasteiger partial charge in [0.2, 0.25) is 6.29 Å². The largest absolute Gasteiger partial charge is 0.435 e. The van der Waals surface area contributed by atoms with Gasteiger partial charge in [0.25, 0.3) is 0 Å². The van der Waals surface area contributed by atoms with Crippen LogP contribution >= 0.6 is 0 Å². The molecule has 1 aliphatic carbocycles. The molecule has 0 aromatic rings. The molecule has 4 atom stereocenters. The van der Waals surface area contributed by atoms with Gasteiger partial charge in [-0.3, -0.25) is 9.69 Å². The SMILES string of the molecule is [2H]C1(C2CCN(CC(C)O)[C@@H]2C(=O)OC2CCCCO2)CCCCC1. The summed E-state index contributed by atoms with van der Waals surface area (Å²) in [7, 11) is 0. The van der Waals surface area contributed by atoms with Crippen LogP contribution in [-0.2, 0) is 14.3 Å². The minimum Gasteiger partial charge on any atom is -0.435 e. The Bertz CT molecular complexity index is 447. The van der Waals surface area contributed by atoms with Crippen molar-refractivity contribution in [2.75, 3.05) is 19.7 Å². The average Bonchev–Trinajstić information content (AvgIpc) is 3.00. The van der Waals surface area contributed by atoms with Gasteiger partial charge in [0.1, 0.15) is 6.04 Å². The van der Waals surface area contributed by atoms with Gasteiger partial charge in [-0.25, -0.2) is 0 Å². The summed E-state index contributed by atoms with van der Waals surface area (Å²) >= 11 is 0. The van der Waals surface area contributed by atoms with Crippen LogP contribution in [0, 0.1) is 11.8 Å². The molecule has 3 rings (SSSR count). The van der Waals surface area contributed by atoms with Crippen LogP contribution in [0.3, 0.4) is 0 Å². The molecule has 1 saturated carbocycles. The number of hydrogen-bond acceptors (Lipinski definition) is 5. The first-order valence-electron chi connectivity index (χ1n) is 10.2. The predicted octanol–water partition coefficient (Wildman–Crippen LogP) is 2.71. The lowest BCUT2D eigenvalue weighted by Gasteiger charge is -2.34. The number of likely N-dealkylation sites (tertiary alicyclic amines) is 1. The third-order valence-corrected chi connectivity index (χ3v) is 5.65. The summed E-state index contributed by atoms with van der Waals surface area (Å²) in [4.78, 5) is 15.0. The zero-order valence-corrected chi connectivity index (χ0v) is 14.9. The maximum Gasteiger partial charge on any atom is 0.325 e. The average molecular weight is 340 g/mol. The standard InChI is InChI=1S/C19H33NO4/c1-14(21)13-20-11-10-16(15-7-3-2-4-8-15)18(20)19(22)24-17-9-5-6-12-23-17/h14-18,21H,2-13H2,1H3/t14?,16?,17?,18-/m0/s1/i15D. The fourth-order valence-corrected chi connectivity index (χ4v) is 4.52. The van der Waals surface area contributed by atoms with Crippen molar-refractivity contribution in [3.63, 3.8) is 0 Å². The summed E-state index contributed by atoms with van der Waals surface area (Å²) in [6.45, 7) is 3.60. The Morgan fingerprint density at radius 2 is 2.00 bits per heavy atom. The van der Waals surface area contributed by atoms with Gasteiger partial charge < -0.3 is 14.6 Å². The molecule has 0 amide bonds. The monoisotopic (exact) mass is 340 g/mol. The number of esters is 1. The Balaban J connectivity index is 1.73. The zero-order valence-electron chi connectivity index (χ0n) is 15.9. The van der Waals surface area contributed by atoms with Gasteiger partial charge in [-0.15, -0.1) is 0 Å². The summed E-state index contributed by atoms with van der Waals surface area (Å²) in [6, 6.07) is -0.421. The first-order valence-corrected chi connectivity index (χ1v) is 9.74. The van der Waals surface area contributed by atoms with Gasteiger partial charge in [0.05, 0.1) is 12.7 Å². The van der Waals surface area contributed by atoms with Crippen LogP contribution in [0.2, 0.25) is 0 Å². The number of ether oxygens (including phenoxy) is 2.